The molecule has 2 heteroatoms. The zero-order valence-corrected chi connectivity index (χ0v) is 32.2. The summed E-state index contributed by atoms with van der Waals surface area (Å²) in [4.78, 5) is 2.52. The Balaban J connectivity index is 1.15. The standard InChI is InChI=1S/C57H36N2/c1-2-18-38(19-3-1)58-53-30-13-9-24-44(53)45-33-32-39(36-55(45)58)59(52-31-14-17-37-16-4-5-20-40(37)52)54-35-34-46-43-23-8-12-28-50(43)57(51-29-15-25-47(54)56(46)51)48-26-10-6-21-41(48)42-22-7-11-27-49(42)57/h1-36H. The molecular formula is C57H36N2. The summed E-state index contributed by atoms with van der Waals surface area (Å²) in [6, 6.07) is 81.2. The molecule has 0 amide bonds. The van der Waals surface area contributed by atoms with Crippen molar-refractivity contribution in [2.45, 2.75) is 5.41 Å². The number of nitrogens with zero attached hydrogens (tertiary/aromatic N) is 2. The Labute approximate surface area is 342 Å². The van der Waals surface area contributed by atoms with Gasteiger partial charge < -0.3 is 9.47 Å². The summed E-state index contributed by atoms with van der Waals surface area (Å²) in [6.07, 6.45) is 0. The van der Waals surface area contributed by atoms with Crippen LogP contribution in [0.25, 0.3) is 71.3 Å². The van der Waals surface area contributed by atoms with Gasteiger partial charge in [0.05, 0.1) is 27.8 Å². The van der Waals surface area contributed by atoms with E-state index in [0.29, 0.717) is 0 Å². The first-order valence-electron chi connectivity index (χ1n) is 20.5. The van der Waals surface area contributed by atoms with Gasteiger partial charge in [-0.25, -0.2) is 0 Å². The van der Waals surface area contributed by atoms with Crippen LogP contribution in [0.1, 0.15) is 22.3 Å². The van der Waals surface area contributed by atoms with E-state index in [1.165, 1.54) is 87.9 Å². The molecule has 1 heterocycles. The molecule has 11 aromatic rings. The fourth-order valence-corrected chi connectivity index (χ4v) is 10.9. The maximum Gasteiger partial charge on any atom is 0.0725 e. The molecule has 0 radical (unpaired) electrons. The molecule has 10 aromatic carbocycles. The first-order valence-corrected chi connectivity index (χ1v) is 20.5. The lowest BCUT2D eigenvalue weighted by Crippen LogP contribution is -2.31. The summed E-state index contributed by atoms with van der Waals surface area (Å²) in [5.74, 6) is 0. The Bertz CT molecular complexity index is 3470. The average molecular weight is 749 g/mol. The predicted molar refractivity (Wildman–Crippen MR) is 247 cm³/mol. The first kappa shape index (κ1) is 32.4. The Hall–Kier alpha value is -7.68. The number of para-hydroxylation sites is 2. The topological polar surface area (TPSA) is 8.17 Å². The van der Waals surface area contributed by atoms with E-state index in [9.17, 15) is 0 Å². The molecule has 0 bridgehead atoms. The largest absolute Gasteiger partial charge is 0.309 e. The average Bonchev–Trinajstić information content (AvgIpc) is 3.79. The van der Waals surface area contributed by atoms with E-state index in [4.69, 9.17) is 0 Å². The summed E-state index contributed by atoms with van der Waals surface area (Å²) in [7, 11) is 0. The highest BCUT2D eigenvalue weighted by Gasteiger charge is 2.50. The molecule has 2 aliphatic rings. The smallest absolute Gasteiger partial charge is 0.0725 e. The molecule has 0 atom stereocenters. The number of hydrogen-bond donors (Lipinski definition) is 0. The monoisotopic (exact) mass is 748 g/mol. The number of hydrogen-bond acceptors (Lipinski definition) is 1. The number of fused-ring (bicyclic) bond motifs is 13. The molecule has 2 aliphatic carbocycles. The summed E-state index contributed by atoms with van der Waals surface area (Å²) >= 11 is 0. The van der Waals surface area contributed by atoms with Gasteiger partial charge in [-0.1, -0.05) is 176 Å². The van der Waals surface area contributed by atoms with Gasteiger partial charge in [0.1, 0.15) is 0 Å². The number of anilines is 3. The van der Waals surface area contributed by atoms with Crippen LogP contribution in [0.15, 0.2) is 218 Å². The van der Waals surface area contributed by atoms with Gasteiger partial charge in [0.15, 0.2) is 0 Å². The van der Waals surface area contributed by atoms with Crippen LogP contribution in [0.5, 0.6) is 0 Å². The normalized spacial score (nSPS) is 13.2. The molecule has 0 fully saturated rings. The van der Waals surface area contributed by atoms with Crippen LogP contribution < -0.4 is 4.90 Å². The van der Waals surface area contributed by atoms with Gasteiger partial charge in [-0.05, 0) is 97.7 Å². The number of rotatable bonds is 4. The van der Waals surface area contributed by atoms with Crippen LogP contribution in [0, 0.1) is 0 Å². The Kier molecular flexibility index (Phi) is 6.68. The lowest BCUT2D eigenvalue weighted by Gasteiger charge is -2.40. The molecule has 1 spiro atoms. The van der Waals surface area contributed by atoms with Crippen molar-refractivity contribution in [3.05, 3.63) is 241 Å². The fraction of sp³-hybridized carbons (Fsp3) is 0.0175. The second-order valence-electron chi connectivity index (χ2n) is 16.0. The third kappa shape index (κ3) is 4.30. The van der Waals surface area contributed by atoms with Crippen molar-refractivity contribution in [1.82, 2.24) is 4.57 Å². The summed E-state index contributed by atoms with van der Waals surface area (Å²) in [6.45, 7) is 0. The molecule has 0 saturated carbocycles. The maximum absolute atomic E-state index is 2.52. The quantitative estimate of drug-likeness (QED) is 0.174. The van der Waals surface area contributed by atoms with Crippen LogP contribution in [-0.4, -0.2) is 4.57 Å². The van der Waals surface area contributed by atoms with E-state index in [1.807, 2.05) is 0 Å². The minimum absolute atomic E-state index is 0.464. The van der Waals surface area contributed by atoms with Gasteiger partial charge in [0, 0.05) is 32.9 Å². The van der Waals surface area contributed by atoms with Gasteiger partial charge in [0.25, 0.3) is 0 Å². The SMILES string of the molecule is c1ccc(-n2c3ccccc3c3ccc(N(c4cccc5ccccc45)c4ccc5c6c(cccc46)C4(c6ccccc6-c6ccccc64)c4ccccc4-5)cc32)cc1. The molecule has 13 rings (SSSR count). The van der Waals surface area contributed by atoms with Crippen molar-refractivity contribution in [3.8, 4) is 27.9 Å². The van der Waals surface area contributed by atoms with E-state index in [0.717, 1.165) is 22.7 Å². The molecule has 0 unspecified atom stereocenters. The lowest BCUT2D eigenvalue weighted by molar-refractivity contribution is 0.773. The van der Waals surface area contributed by atoms with Gasteiger partial charge in [-0.15, -0.1) is 0 Å². The van der Waals surface area contributed by atoms with E-state index in [2.05, 4.69) is 228 Å². The van der Waals surface area contributed by atoms with Crippen LogP contribution >= 0.6 is 0 Å². The molecule has 0 aliphatic heterocycles. The number of benzene rings is 10. The zero-order valence-electron chi connectivity index (χ0n) is 32.2. The van der Waals surface area contributed by atoms with Crippen molar-refractivity contribution >= 4 is 60.4 Å². The van der Waals surface area contributed by atoms with Crippen molar-refractivity contribution < 1.29 is 0 Å². The van der Waals surface area contributed by atoms with Crippen molar-refractivity contribution in [2.75, 3.05) is 4.90 Å². The molecule has 59 heavy (non-hydrogen) atoms. The van der Waals surface area contributed by atoms with Crippen LogP contribution in [0.4, 0.5) is 17.1 Å². The van der Waals surface area contributed by atoms with E-state index >= 15 is 0 Å². The minimum atomic E-state index is -0.464. The Morgan fingerprint density at radius 3 is 1.64 bits per heavy atom. The first-order chi connectivity index (χ1) is 29.3. The predicted octanol–water partition coefficient (Wildman–Crippen LogP) is 14.9. The second kappa shape index (κ2) is 12.2. The van der Waals surface area contributed by atoms with Crippen molar-refractivity contribution in [2.24, 2.45) is 0 Å². The molecular weight excluding hydrogens is 713 g/mol. The summed E-state index contributed by atoms with van der Waals surface area (Å²) in [5, 5.41) is 7.44. The highest BCUT2D eigenvalue weighted by Crippen LogP contribution is 2.62. The Morgan fingerprint density at radius 2 is 0.881 bits per heavy atom. The van der Waals surface area contributed by atoms with Crippen LogP contribution in [0.2, 0.25) is 0 Å². The summed E-state index contributed by atoms with van der Waals surface area (Å²) in [5.41, 5.74) is 17.0. The third-order valence-electron chi connectivity index (χ3n) is 13.2. The van der Waals surface area contributed by atoms with Crippen LogP contribution in [0.3, 0.4) is 0 Å². The Morgan fingerprint density at radius 1 is 0.339 bits per heavy atom. The molecule has 274 valence electrons. The van der Waals surface area contributed by atoms with E-state index in [-0.39, 0.29) is 0 Å². The van der Waals surface area contributed by atoms with E-state index in [1.54, 1.807) is 0 Å². The molecule has 2 nitrogen and oxygen atoms in total. The highest BCUT2D eigenvalue weighted by molar-refractivity contribution is 6.15. The number of aromatic nitrogens is 1. The maximum atomic E-state index is 2.52. The van der Waals surface area contributed by atoms with Gasteiger partial charge in [0.2, 0.25) is 0 Å². The fourth-order valence-electron chi connectivity index (χ4n) is 10.9. The van der Waals surface area contributed by atoms with Gasteiger partial charge in [-0.2, -0.15) is 0 Å². The lowest BCUT2D eigenvalue weighted by atomic mass is 9.61. The van der Waals surface area contributed by atoms with E-state index < -0.39 is 5.41 Å². The van der Waals surface area contributed by atoms with Gasteiger partial charge in [-0.3, -0.25) is 0 Å². The molecule has 1 aromatic heterocycles. The third-order valence-corrected chi connectivity index (χ3v) is 13.2. The van der Waals surface area contributed by atoms with Gasteiger partial charge >= 0.3 is 0 Å². The van der Waals surface area contributed by atoms with Crippen LogP contribution in [-0.2, 0) is 5.41 Å². The zero-order chi connectivity index (χ0) is 38.7. The molecule has 0 N–H and O–H groups in total. The molecule has 0 saturated heterocycles. The minimum Gasteiger partial charge on any atom is -0.309 e. The second-order valence-corrected chi connectivity index (χ2v) is 16.0. The van der Waals surface area contributed by atoms with Crippen molar-refractivity contribution in [1.29, 1.82) is 0 Å². The van der Waals surface area contributed by atoms with Crippen molar-refractivity contribution in [3.63, 3.8) is 0 Å². The summed E-state index contributed by atoms with van der Waals surface area (Å²) < 4.78 is 2.42. The highest BCUT2D eigenvalue weighted by atomic mass is 15.1.